The maximum atomic E-state index is 10.1. The molecule has 0 aliphatic heterocycles. The van der Waals surface area contributed by atoms with Crippen LogP contribution in [-0.2, 0) is 4.79 Å². The summed E-state index contributed by atoms with van der Waals surface area (Å²) in [7, 11) is 0. The first kappa shape index (κ1) is 11.8. The molecule has 0 rings (SSSR count). The molecule has 0 heterocycles. The van der Waals surface area contributed by atoms with Crippen LogP contribution in [0.2, 0.25) is 0 Å². The molecule has 0 bridgehead atoms. The largest absolute Gasteiger partial charge is 0.481 e. The highest BCUT2D eigenvalue weighted by Crippen LogP contribution is 2.09. The van der Waals surface area contributed by atoms with E-state index in [9.17, 15) is 4.79 Å². The zero-order chi connectivity index (χ0) is 10.3. The van der Waals surface area contributed by atoms with Gasteiger partial charge in [-0.2, -0.15) is 0 Å². The third kappa shape index (κ3) is 10.8. The van der Waals surface area contributed by atoms with Gasteiger partial charge in [0.15, 0.2) is 0 Å². The number of carboxylic acids is 1. The standard InChI is InChI=1S/C11H16O2/c1-11(2,3)9-7-5-4-6-8-10(12)13/h4-5H,6,8H2,1-3H3,(H,12,13). The fourth-order valence-corrected chi connectivity index (χ4v) is 0.607. The molecule has 0 aromatic carbocycles. The van der Waals surface area contributed by atoms with E-state index in [2.05, 4.69) is 11.8 Å². The number of aliphatic carboxylic acids is 1. The second kappa shape index (κ2) is 5.42. The zero-order valence-corrected chi connectivity index (χ0v) is 8.42. The Balaban J connectivity index is 3.74. The molecule has 0 aliphatic carbocycles. The molecule has 0 saturated carbocycles. The maximum Gasteiger partial charge on any atom is 0.303 e. The van der Waals surface area contributed by atoms with Crippen LogP contribution < -0.4 is 0 Å². The maximum absolute atomic E-state index is 10.1. The zero-order valence-electron chi connectivity index (χ0n) is 8.42. The lowest BCUT2D eigenvalue weighted by Crippen LogP contribution is -1.98. The lowest BCUT2D eigenvalue weighted by atomic mass is 9.98. The van der Waals surface area contributed by atoms with Gasteiger partial charge in [0, 0.05) is 11.8 Å². The third-order valence-electron chi connectivity index (χ3n) is 1.17. The summed E-state index contributed by atoms with van der Waals surface area (Å²) in [6.45, 7) is 6.10. The number of rotatable bonds is 3. The Morgan fingerprint density at radius 3 is 2.54 bits per heavy atom. The Morgan fingerprint density at radius 1 is 1.46 bits per heavy atom. The number of carboxylic acid groups (broad SMARTS) is 1. The molecular weight excluding hydrogens is 164 g/mol. The second-order valence-electron chi connectivity index (χ2n) is 3.85. The van der Waals surface area contributed by atoms with E-state index in [1.807, 2.05) is 20.8 Å². The van der Waals surface area contributed by atoms with Crippen molar-refractivity contribution >= 4 is 5.97 Å². The minimum Gasteiger partial charge on any atom is -0.481 e. The Morgan fingerprint density at radius 2 is 2.08 bits per heavy atom. The molecule has 0 radical (unpaired) electrons. The van der Waals surface area contributed by atoms with Crippen molar-refractivity contribution in [3.8, 4) is 11.8 Å². The van der Waals surface area contributed by atoms with Gasteiger partial charge >= 0.3 is 5.97 Å². The van der Waals surface area contributed by atoms with E-state index in [1.165, 1.54) is 0 Å². The van der Waals surface area contributed by atoms with Gasteiger partial charge in [0.2, 0.25) is 0 Å². The average molecular weight is 180 g/mol. The molecule has 13 heavy (non-hydrogen) atoms. The van der Waals surface area contributed by atoms with Crippen molar-refractivity contribution < 1.29 is 9.90 Å². The third-order valence-corrected chi connectivity index (χ3v) is 1.17. The molecule has 72 valence electrons. The Bertz CT molecular complexity index is 245. The van der Waals surface area contributed by atoms with Crippen molar-refractivity contribution in [2.75, 3.05) is 0 Å². The molecule has 0 aliphatic rings. The number of hydrogen-bond donors (Lipinski definition) is 1. The summed E-state index contributed by atoms with van der Waals surface area (Å²) in [4.78, 5) is 10.1. The first-order valence-electron chi connectivity index (χ1n) is 4.31. The van der Waals surface area contributed by atoms with Crippen LogP contribution in [0.3, 0.4) is 0 Å². The highest BCUT2D eigenvalue weighted by molar-refractivity contribution is 5.66. The van der Waals surface area contributed by atoms with Crippen molar-refractivity contribution in [2.24, 2.45) is 5.41 Å². The minimum atomic E-state index is -0.770. The molecule has 0 aromatic rings. The van der Waals surface area contributed by atoms with Gasteiger partial charge in [-0.3, -0.25) is 4.79 Å². The van der Waals surface area contributed by atoms with E-state index < -0.39 is 5.97 Å². The first-order valence-corrected chi connectivity index (χ1v) is 4.31. The van der Waals surface area contributed by atoms with E-state index in [-0.39, 0.29) is 11.8 Å². The second-order valence-corrected chi connectivity index (χ2v) is 3.85. The molecule has 1 N–H and O–H groups in total. The molecular formula is C11H16O2. The first-order chi connectivity index (χ1) is 5.92. The number of allylic oxidation sites excluding steroid dienone is 2. The summed E-state index contributed by atoms with van der Waals surface area (Å²) in [5, 5.41) is 8.33. The van der Waals surface area contributed by atoms with Gasteiger partial charge in [0.05, 0.1) is 0 Å². The predicted octanol–water partition coefficient (Wildman–Crippen LogP) is 2.46. The summed E-state index contributed by atoms with van der Waals surface area (Å²) in [6.07, 6.45) is 4.23. The van der Waals surface area contributed by atoms with Crippen LogP contribution in [0.1, 0.15) is 33.6 Å². The Labute approximate surface area is 79.7 Å². The molecule has 0 fully saturated rings. The predicted molar refractivity (Wildman–Crippen MR) is 53.2 cm³/mol. The fraction of sp³-hybridized carbons (Fsp3) is 0.545. The van der Waals surface area contributed by atoms with Gasteiger partial charge in [-0.15, -0.1) is 0 Å². The van der Waals surface area contributed by atoms with Crippen LogP contribution in [0.5, 0.6) is 0 Å². The lowest BCUT2D eigenvalue weighted by molar-refractivity contribution is -0.136. The van der Waals surface area contributed by atoms with Gasteiger partial charge < -0.3 is 5.11 Å². The molecule has 0 spiro atoms. The Hall–Kier alpha value is -1.23. The van der Waals surface area contributed by atoms with Crippen molar-refractivity contribution in [2.45, 2.75) is 33.6 Å². The van der Waals surface area contributed by atoms with Crippen molar-refractivity contribution in [3.05, 3.63) is 12.2 Å². The summed E-state index contributed by atoms with van der Waals surface area (Å²) < 4.78 is 0. The molecule has 0 amide bonds. The molecule has 0 aromatic heterocycles. The lowest BCUT2D eigenvalue weighted by Gasteiger charge is -2.05. The van der Waals surface area contributed by atoms with E-state index >= 15 is 0 Å². The van der Waals surface area contributed by atoms with E-state index in [0.29, 0.717) is 6.42 Å². The number of carbonyl (C=O) groups is 1. The molecule has 2 heteroatoms. The van der Waals surface area contributed by atoms with E-state index in [1.54, 1.807) is 12.2 Å². The van der Waals surface area contributed by atoms with Crippen LogP contribution in [-0.4, -0.2) is 11.1 Å². The van der Waals surface area contributed by atoms with Gasteiger partial charge in [-0.1, -0.05) is 17.9 Å². The van der Waals surface area contributed by atoms with E-state index in [0.717, 1.165) is 0 Å². The summed E-state index contributed by atoms with van der Waals surface area (Å²) in [5.41, 5.74) is 0.0110. The van der Waals surface area contributed by atoms with Crippen molar-refractivity contribution in [1.29, 1.82) is 0 Å². The van der Waals surface area contributed by atoms with Crippen LogP contribution in [0, 0.1) is 17.3 Å². The van der Waals surface area contributed by atoms with Crippen molar-refractivity contribution in [1.82, 2.24) is 0 Å². The van der Waals surface area contributed by atoms with Gasteiger partial charge in [0.25, 0.3) is 0 Å². The summed E-state index contributed by atoms with van der Waals surface area (Å²) in [6, 6.07) is 0. The summed E-state index contributed by atoms with van der Waals surface area (Å²) in [5.74, 6) is 5.13. The van der Waals surface area contributed by atoms with Gasteiger partial charge in [-0.25, -0.2) is 0 Å². The molecule has 2 nitrogen and oxygen atoms in total. The normalized spacial score (nSPS) is 11.0. The van der Waals surface area contributed by atoms with Crippen LogP contribution in [0.25, 0.3) is 0 Å². The summed E-state index contributed by atoms with van der Waals surface area (Å²) >= 11 is 0. The van der Waals surface area contributed by atoms with Crippen LogP contribution >= 0.6 is 0 Å². The quantitative estimate of drug-likeness (QED) is 0.677. The smallest absolute Gasteiger partial charge is 0.303 e. The monoisotopic (exact) mass is 180 g/mol. The average Bonchev–Trinajstić information content (AvgIpc) is 1.93. The molecule has 0 atom stereocenters. The SMILES string of the molecule is CC(C)(C)C#CC=CCCC(=O)O. The molecule has 0 saturated heterocycles. The highest BCUT2D eigenvalue weighted by Gasteiger charge is 2.02. The fourth-order valence-electron chi connectivity index (χ4n) is 0.607. The highest BCUT2D eigenvalue weighted by atomic mass is 16.4. The van der Waals surface area contributed by atoms with Gasteiger partial charge in [-0.05, 0) is 33.3 Å². The van der Waals surface area contributed by atoms with Crippen molar-refractivity contribution in [3.63, 3.8) is 0 Å². The molecule has 0 unspecified atom stereocenters. The Kier molecular flexibility index (Phi) is 4.91. The number of hydrogen-bond acceptors (Lipinski definition) is 1. The minimum absolute atomic E-state index is 0.0110. The topological polar surface area (TPSA) is 37.3 Å². The van der Waals surface area contributed by atoms with Gasteiger partial charge in [0.1, 0.15) is 0 Å². The van der Waals surface area contributed by atoms with Crippen LogP contribution in [0.15, 0.2) is 12.2 Å². The van der Waals surface area contributed by atoms with Crippen LogP contribution in [0.4, 0.5) is 0 Å². The van der Waals surface area contributed by atoms with E-state index in [4.69, 9.17) is 5.11 Å².